The lowest BCUT2D eigenvalue weighted by molar-refractivity contribution is 0.0151. The highest BCUT2D eigenvalue weighted by Gasteiger charge is 2.34. The summed E-state index contributed by atoms with van der Waals surface area (Å²) < 4.78 is 5.48. The van der Waals surface area contributed by atoms with Crippen LogP contribution in [-0.4, -0.2) is 42.3 Å². The highest BCUT2D eigenvalue weighted by Crippen LogP contribution is 2.37. The van der Waals surface area contributed by atoms with Gasteiger partial charge in [-0.05, 0) is 51.7 Å². The van der Waals surface area contributed by atoms with Crippen molar-refractivity contribution in [2.24, 2.45) is 5.92 Å². The number of para-hydroxylation sites is 1. The topological polar surface area (TPSA) is 93.9 Å². The summed E-state index contributed by atoms with van der Waals surface area (Å²) in [5, 5.41) is 16.9. The molecule has 3 rings (SSSR count). The third kappa shape index (κ3) is 3.92. The van der Waals surface area contributed by atoms with E-state index in [1.165, 1.54) is 0 Å². The summed E-state index contributed by atoms with van der Waals surface area (Å²) in [6.45, 7) is 7.20. The van der Waals surface area contributed by atoms with Gasteiger partial charge in [0, 0.05) is 25.7 Å². The van der Waals surface area contributed by atoms with Crippen LogP contribution in [0.15, 0.2) is 18.2 Å². The van der Waals surface area contributed by atoms with Gasteiger partial charge in [-0.1, -0.05) is 6.07 Å². The van der Waals surface area contributed by atoms with Crippen molar-refractivity contribution in [2.75, 3.05) is 35.7 Å². The van der Waals surface area contributed by atoms with Crippen LogP contribution in [0, 0.1) is 11.1 Å². The van der Waals surface area contributed by atoms with E-state index in [1.807, 2.05) is 20.8 Å². The Hall–Kier alpha value is -2.15. The predicted octanol–water partition coefficient (Wildman–Crippen LogP) is 3.01. The number of amides is 1. The molecule has 0 bridgehead atoms. The van der Waals surface area contributed by atoms with E-state index in [2.05, 4.69) is 5.32 Å². The number of anilines is 3. The molecule has 0 saturated carbocycles. The molecule has 1 aromatic rings. The molecule has 2 unspecified atom stereocenters. The Balaban J connectivity index is 1.75. The SMILES string of the molecule is CC(C)(C)OC(=O)N1CCC2Nc3c(N)cccc3N([O-])CCC2C1. The molecule has 7 heteroatoms. The molecule has 2 heterocycles. The number of hydroxylamine groups is 1. The number of benzene rings is 1. The van der Waals surface area contributed by atoms with Crippen LogP contribution in [0.2, 0.25) is 0 Å². The van der Waals surface area contributed by atoms with Crippen molar-refractivity contribution in [3.8, 4) is 0 Å². The minimum absolute atomic E-state index is 0.186. The molecule has 0 aliphatic carbocycles. The van der Waals surface area contributed by atoms with E-state index in [0.29, 0.717) is 43.1 Å². The fourth-order valence-electron chi connectivity index (χ4n) is 3.52. The van der Waals surface area contributed by atoms with Crippen molar-refractivity contribution in [1.82, 2.24) is 4.90 Å². The number of fused-ring (bicyclic) bond motifs is 2. The van der Waals surface area contributed by atoms with E-state index in [0.717, 1.165) is 11.5 Å². The van der Waals surface area contributed by atoms with Crippen LogP contribution in [-0.2, 0) is 4.74 Å². The number of carbonyl (C=O) groups excluding carboxylic acids is 1. The summed E-state index contributed by atoms with van der Waals surface area (Å²) in [4.78, 5) is 14.1. The smallest absolute Gasteiger partial charge is 0.410 e. The number of rotatable bonds is 0. The van der Waals surface area contributed by atoms with Gasteiger partial charge in [-0.25, -0.2) is 4.79 Å². The maximum absolute atomic E-state index is 12.4. The van der Waals surface area contributed by atoms with Crippen molar-refractivity contribution in [2.45, 2.75) is 45.3 Å². The van der Waals surface area contributed by atoms with Gasteiger partial charge in [0.15, 0.2) is 0 Å². The fraction of sp³-hybridized carbons (Fsp3) is 0.611. The molecular formula is C18H27N4O3-. The number of nitrogen functional groups attached to an aromatic ring is 1. The van der Waals surface area contributed by atoms with Crippen LogP contribution in [0.1, 0.15) is 33.6 Å². The molecule has 138 valence electrons. The summed E-state index contributed by atoms with van der Waals surface area (Å²) in [6.07, 6.45) is 1.23. The number of nitrogens with one attached hydrogen (secondary N) is 1. The molecule has 2 aliphatic rings. The molecule has 3 N–H and O–H groups in total. The molecule has 25 heavy (non-hydrogen) atoms. The van der Waals surface area contributed by atoms with Crippen molar-refractivity contribution < 1.29 is 9.53 Å². The second-order valence-corrected chi connectivity index (χ2v) is 7.86. The highest BCUT2D eigenvalue weighted by molar-refractivity contribution is 5.82. The van der Waals surface area contributed by atoms with Crippen molar-refractivity contribution in [3.05, 3.63) is 23.4 Å². The van der Waals surface area contributed by atoms with Crippen LogP contribution in [0.5, 0.6) is 0 Å². The lowest BCUT2D eigenvalue weighted by atomic mass is 9.88. The molecule has 1 aromatic carbocycles. The molecule has 0 spiro atoms. The molecule has 1 fully saturated rings. The number of hydrogen-bond acceptors (Lipinski definition) is 6. The predicted molar refractivity (Wildman–Crippen MR) is 99.5 cm³/mol. The summed E-state index contributed by atoms with van der Waals surface area (Å²) in [5.41, 5.74) is 7.45. The van der Waals surface area contributed by atoms with Gasteiger partial charge in [-0.15, -0.1) is 0 Å². The first-order valence-electron chi connectivity index (χ1n) is 8.82. The van der Waals surface area contributed by atoms with E-state index in [-0.39, 0.29) is 18.1 Å². The van der Waals surface area contributed by atoms with Gasteiger partial charge in [-0.3, -0.25) is 0 Å². The lowest BCUT2D eigenvalue weighted by Gasteiger charge is -2.44. The van der Waals surface area contributed by atoms with Crippen molar-refractivity contribution in [3.63, 3.8) is 0 Å². The minimum Gasteiger partial charge on any atom is -0.758 e. The number of nitrogens with two attached hydrogens (primary N) is 1. The minimum atomic E-state index is -0.508. The number of piperidine rings is 1. The first-order chi connectivity index (χ1) is 11.7. The van der Waals surface area contributed by atoms with Crippen LogP contribution in [0.3, 0.4) is 0 Å². The van der Waals surface area contributed by atoms with E-state index in [4.69, 9.17) is 10.5 Å². The molecule has 0 aromatic heterocycles. The van der Waals surface area contributed by atoms with Gasteiger partial charge in [0.1, 0.15) is 5.60 Å². The maximum atomic E-state index is 12.4. The van der Waals surface area contributed by atoms with Crippen molar-refractivity contribution in [1.29, 1.82) is 0 Å². The molecule has 1 saturated heterocycles. The van der Waals surface area contributed by atoms with E-state index in [1.54, 1.807) is 23.1 Å². The Kier molecular flexibility index (Phi) is 4.69. The van der Waals surface area contributed by atoms with Crippen LogP contribution < -0.4 is 16.1 Å². The molecular weight excluding hydrogens is 320 g/mol. The Bertz CT molecular complexity index is 644. The zero-order chi connectivity index (χ0) is 18.2. The molecule has 7 nitrogen and oxygen atoms in total. The molecule has 1 amide bonds. The Labute approximate surface area is 148 Å². The fourth-order valence-corrected chi connectivity index (χ4v) is 3.52. The average Bonchev–Trinajstić information content (AvgIpc) is 2.52. The third-order valence-corrected chi connectivity index (χ3v) is 4.76. The molecule has 2 atom stereocenters. The van der Waals surface area contributed by atoms with Crippen molar-refractivity contribution >= 4 is 23.2 Å². The van der Waals surface area contributed by atoms with Gasteiger partial charge in [0.25, 0.3) is 0 Å². The van der Waals surface area contributed by atoms with E-state index >= 15 is 0 Å². The second-order valence-electron chi connectivity index (χ2n) is 7.86. The van der Waals surface area contributed by atoms with Crippen LogP contribution in [0.4, 0.5) is 21.9 Å². The highest BCUT2D eigenvalue weighted by atomic mass is 16.6. The standard InChI is InChI=1S/C18H27N4O3/c1-18(2,3)25-17(23)21-9-8-14-12(11-21)7-10-22(24)15-6-4-5-13(19)16(15)20-14/h4-6,12,14,20H,7-11,19H2,1-3H3/q-1. The Morgan fingerprint density at radius 3 is 2.80 bits per heavy atom. The van der Waals surface area contributed by atoms with Gasteiger partial charge < -0.3 is 31.0 Å². The Morgan fingerprint density at radius 2 is 2.08 bits per heavy atom. The number of nitrogens with zero attached hydrogens (tertiary/aromatic N) is 2. The Morgan fingerprint density at radius 1 is 1.32 bits per heavy atom. The monoisotopic (exact) mass is 347 g/mol. The average molecular weight is 347 g/mol. The summed E-state index contributed by atoms with van der Waals surface area (Å²) in [5.74, 6) is 0.186. The first-order valence-corrected chi connectivity index (χ1v) is 8.82. The van der Waals surface area contributed by atoms with E-state index < -0.39 is 5.60 Å². The number of carbonyl (C=O) groups is 1. The number of likely N-dealkylation sites (tertiary alicyclic amines) is 1. The molecule has 2 aliphatic heterocycles. The lowest BCUT2D eigenvalue weighted by Crippen LogP contribution is -2.51. The number of ether oxygens (including phenoxy) is 1. The second kappa shape index (κ2) is 6.63. The summed E-state index contributed by atoms with van der Waals surface area (Å²) in [7, 11) is 0. The van der Waals surface area contributed by atoms with Gasteiger partial charge in [0.2, 0.25) is 0 Å². The summed E-state index contributed by atoms with van der Waals surface area (Å²) in [6, 6.07) is 5.58. The zero-order valence-corrected chi connectivity index (χ0v) is 15.1. The normalized spacial score (nSPS) is 23.7. The van der Waals surface area contributed by atoms with Gasteiger partial charge >= 0.3 is 6.09 Å². The van der Waals surface area contributed by atoms with E-state index in [9.17, 15) is 10.0 Å². The first kappa shape index (κ1) is 17.7. The van der Waals surface area contributed by atoms with Gasteiger partial charge in [0.05, 0.1) is 17.1 Å². The molecule has 0 radical (unpaired) electrons. The summed E-state index contributed by atoms with van der Waals surface area (Å²) >= 11 is 0. The largest absolute Gasteiger partial charge is 0.758 e. The van der Waals surface area contributed by atoms with Gasteiger partial charge in [-0.2, -0.15) is 0 Å². The third-order valence-electron chi connectivity index (χ3n) is 4.76. The zero-order valence-electron chi connectivity index (χ0n) is 15.1. The van der Waals surface area contributed by atoms with Crippen LogP contribution in [0.25, 0.3) is 0 Å². The van der Waals surface area contributed by atoms with Crippen LogP contribution >= 0.6 is 0 Å². The quantitative estimate of drug-likeness (QED) is 0.701. The number of hydrogen-bond donors (Lipinski definition) is 2. The maximum Gasteiger partial charge on any atom is 0.410 e.